The van der Waals surface area contributed by atoms with Crippen molar-refractivity contribution in [3.05, 3.63) is 16.7 Å². The van der Waals surface area contributed by atoms with E-state index < -0.39 is 0 Å². The third kappa shape index (κ3) is 3.60. The van der Waals surface area contributed by atoms with Crippen molar-refractivity contribution < 1.29 is 4.79 Å². The van der Waals surface area contributed by atoms with Crippen LogP contribution in [-0.4, -0.2) is 34.9 Å². The van der Waals surface area contributed by atoms with Crippen molar-refractivity contribution in [2.24, 2.45) is 0 Å². The number of carbonyl (C=O) groups is 1. The molecule has 1 aromatic heterocycles. The second kappa shape index (κ2) is 6.58. The van der Waals surface area contributed by atoms with Crippen molar-refractivity contribution in [3.8, 4) is 0 Å². The molecule has 1 rings (SSSR count). The highest BCUT2D eigenvalue weighted by atomic mass is 79.9. The molecule has 0 aromatic carbocycles. The van der Waals surface area contributed by atoms with Crippen molar-refractivity contribution in [2.75, 3.05) is 24.1 Å². The molecule has 0 saturated carbocycles. The largest absolute Gasteiger partial charge is 0.396 e. The summed E-state index contributed by atoms with van der Waals surface area (Å²) < 4.78 is 0.813. The molecule has 0 aliphatic carbocycles. The number of halogens is 1. The van der Waals surface area contributed by atoms with E-state index in [0.717, 1.165) is 4.47 Å². The number of pyridine rings is 1. The Labute approximate surface area is 116 Å². The molecule has 0 aliphatic rings. The van der Waals surface area contributed by atoms with Crippen molar-refractivity contribution in [3.63, 3.8) is 0 Å². The van der Waals surface area contributed by atoms with Crippen LogP contribution < -0.4 is 11.1 Å². The fourth-order valence-electron chi connectivity index (χ4n) is 1.65. The Hall–Kier alpha value is -1.30. The van der Waals surface area contributed by atoms with Gasteiger partial charge in [0.05, 0.1) is 5.69 Å². The number of nitrogens with zero attached hydrogens (tertiary/aromatic N) is 2. The van der Waals surface area contributed by atoms with Crippen LogP contribution in [-0.2, 0) is 4.79 Å². The van der Waals surface area contributed by atoms with Gasteiger partial charge in [0.2, 0.25) is 5.91 Å². The maximum absolute atomic E-state index is 12.1. The Morgan fingerprint density at radius 2 is 2.17 bits per heavy atom. The molecule has 1 amide bonds. The van der Waals surface area contributed by atoms with E-state index in [9.17, 15) is 4.79 Å². The van der Waals surface area contributed by atoms with Crippen molar-refractivity contribution >= 4 is 33.3 Å². The maximum atomic E-state index is 12.1. The standard InChI is InChI=1S/C12H19BrN4O/c1-4-17(5-2)12(18)8(3)16-11-10(14)6-9(13)7-15-11/h6-8H,4-5,14H2,1-3H3,(H,15,16). The average Bonchev–Trinajstić information content (AvgIpc) is 2.34. The molecule has 0 fully saturated rings. The number of nitrogen functional groups attached to an aromatic ring is 1. The fraction of sp³-hybridized carbons (Fsp3) is 0.500. The molecule has 0 spiro atoms. The van der Waals surface area contributed by atoms with Crippen molar-refractivity contribution in [1.29, 1.82) is 0 Å². The number of aromatic nitrogens is 1. The number of amides is 1. The lowest BCUT2D eigenvalue weighted by Crippen LogP contribution is -2.41. The van der Waals surface area contributed by atoms with Crippen LogP contribution in [0.5, 0.6) is 0 Å². The van der Waals surface area contributed by atoms with Crippen LogP contribution in [0.2, 0.25) is 0 Å². The van der Waals surface area contributed by atoms with Crippen LogP contribution >= 0.6 is 15.9 Å². The number of likely N-dealkylation sites (N-methyl/N-ethyl adjacent to an activating group) is 1. The van der Waals surface area contributed by atoms with E-state index in [1.54, 1.807) is 17.2 Å². The highest BCUT2D eigenvalue weighted by Gasteiger charge is 2.18. The van der Waals surface area contributed by atoms with E-state index in [1.165, 1.54) is 0 Å². The Morgan fingerprint density at radius 1 is 1.56 bits per heavy atom. The van der Waals surface area contributed by atoms with E-state index in [2.05, 4.69) is 26.2 Å². The van der Waals surface area contributed by atoms with E-state index >= 15 is 0 Å². The van der Waals surface area contributed by atoms with Crippen LogP contribution in [0.4, 0.5) is 11.5 Å². The van der Waals surface area contributed by atoms with Crippen LogP contribution in [0.25, 0.3) is 0 Å². The molecule has 1 unspecified atom stereocenters. The lowest BCUT2D eigenvalue weighted by Gasteiger charge is -2.24. The van der Waals surface area contributed by atoms with E-state index in [4.69, 9.17) is 5.73 Å². The highest BCUT2D eigenvalue weighted by molar-refractivity contribution is 9.10. The first-order chi connectivity index (χ1) is 8.49. The Bertz CT molecular complexity index is 421. The second-order valence-corrected chi connectivity index (χ2v) is 4.88. The van der Waals surface area contributed by atoms with E-state index in [-0.39, 0.29) is 11.9 Å². The quantitative estimate of drug-likeness (QED) is 0.873. The highest BCUT2D eigenvalue weighted by Crippen LogP contribution is 2.20. The predicted molar refractivity (Wildman–Crippen MR) is 77.4 cm³/mol. The van der Waals surface area contributed by atoms with Gasteiger partial charge in [0, 0.05) is 23.8 Å². The second-order valence-electron chi connectivity index (χ2n) is 3.97. The van der Waals surface area contributed by atoms with Gasteiger partial charge in [0.25, 0.3) is 0 Å². The molecular formula is C12H19BrN4O. The molecule has 1 atom stereocenters. The van der Waals surface area contributed by atoms with Crippen molar-refractivity contribution in [2.45, 2.75) is 26.8 Å². The summed E-state index contributed by atoms with van der Waals surface area (Å²) in [6.45, 7) is 7.12. The Morgan fingerprint density at radius 3 is 2.67 bits per heavy atom. The first-order valence-corrected chi connectivity index (χ1v) is 6.75. The number of rotatable bonds is 5. The molecule has 1 heterocycles. The summed E-state index contributed by atoms with van der Waals surface area (Å²) in [6, 6.07) is 1.41. The van der Waals surface area contributed by atoms with Crippen molar-refractivity contribution in [1.82, 2.24) is 9.88 Å². The smallest absolute Gasteiger partial charge is 0.244 e. The van der Waals surface area contributed by atoms with Gasteiger partial charge < -0.3 is 16.0 Å². The SMILES string of the molecule is CCN(CC)C(=O)C(C)Nc1ncc(Br)cc1N. The zero-order valence-electron chi connectivity index (χ0n) is 10.9. The summed E-state index contributed by atoms with van der Waals surface area (Å²) in [5.41, 5.74) is 6.35. The number of hydrogen-bond acceptors (Lipinski definition) is 4. The Kier molecular flexibility index (Phi) is 5.40. The van der Waals surface area contributed by atoms with Gasteiger partial charge in [-0.2, -0.15) is 0 Å². The third-order valence-electron chi connectivity index (χ3n) is 2.68. The summed E-state index contributed by atoms with van der Waals surface area (Å²) in [4.78, 5) is 18.0. The molecule has 18 heavy (non-hydrogen) atoms. The molecule has 100 valence electrons. The van der Waals surface area contributed by atoms with Gasteiger partial charge >= 0.3 is 0 Å². The van der Waals surface area contributed by atoms with Gasteiger partial charge in [-0.3, -0.25) is 4.79 Å². The van der Waals surface area contributed by atoms with E-state index in [0.29, 0.717) is 24.6 Å². The molecule has 0 bridgehead atoms. The molecule has 6 heteroatoms. The van der Waals surface area contributed by atoms with Crippen LogP contribution in [0.1, 0.15) is 20.8 Å². The van der Waals surface area contributed by atoms with Gasteiger partial charge in [-0.15, -0.1) is 0 Å². The van der Waals surface area contributed by atoms with Gasteiger partial charge in [-0.25, -0.2) is 4.98 Å². The molecule has 3 N–H and O–H groups in total. The summed E-state index contributed by atoms with van der Waals surface area (Å²) in [6.07, 6.45) is 1.65. The number of nitrogens with two attached hydrogens (primary N) is 1. The third-order valence-corrected chi connectivity index (χ3v) is 3.12. The number of anilines is 2. The van der Waals surface area contributed by atoms with Gasteiger partial charge in [0.15, 0.2) is 0 Å². The zero-order valence-corrected chi connectivity index (χ0v) is 12.5. The first kappa shape index (κ1) is 14.8. The lowest BCUT2D eigenvalue weighted by molar-refractivity contribution is -0.131. The summed E-state index contributed by atoms with van der Waals surface area (Å²) >= 11 is 3.29. The molecule has 0 radical (unpaired) electrons. The molecular weight excluding hydrogens is 296 g/mol. The number of carbonyl (C=O) groups excluding carboxylic acids is 1. The fourth-order valence-corrected chi connectivity index (χ4v) is 2.00. The number of nitrogens with one attached hydrogen (secondary N) is 1. The molecule has 1 aromatic rings. The summed E-state index contributed by atoms with van der Waals surface area (Å²) in [5, 5.41) is 3.04. The van der Waals surface area contributed by atoms with Crippen LogP contribution in [0, 0.1) is 0 Å². The minimum Gasteiger partial charge on any atom is -0.396 e. The summed E-state index contributed by atoms with van der Waals surface area (Å²) in [7, 11) is 0. The maximum Gasteiger partial charge on any atom is 0.244 e. The lowest BCUT2D eigenvalue weighted by atomic mass is 10.2. The molecule has 0 saturated heterocycles. The normalized spacial score (nSPS) is 12.0. The summed E-state index contributed by atoms with van der Waals surface area (Å²) in [5.74, 6) is 0.579. The Balaban J connectivity index is 2.75. The molecule has 0 aliphatic heterocycles. The topological polar surface area (TPSA) is 71.2 Å². The van der Waals surface area contributed by atoms with Crippen LogP contribution in [0.15, 0.2) is 16.7 Å². The van der Waals surface area contributed by atoms with Gasteiger partial charge in [-0.1, -0.05) is 0 Å². The van der Waals surface area contributed by atoms with Gasteiger partial charge in [-0.05, 0) is 42.8 Å². The monoisotopic (exact) mass is 314 g/mol. The minimum atomic E-state index is -0.346. The first-order valence-electron chi connectivity index (χ1n) is 5.95. The predicted octanol–water partition coefficient (Wildman–Crippen LogP) is 2.10. The van der Waals surface area contributed by atoms with Crippen LogP contribution in [0.3, 0.4) is 0 Å². The average molecular weight is 315 g/mol. The number of hydrogen-bond donors (Lipinski definition) is 2. The van der Waals surface area contributed by atoms with Gasteiger partial charge in [0.1, 0.15) is 11.9 Å². The zero-order chi connectivity index (χ0) is 13.7. The van der Waals surface area contributed by atoms with E-state index in [1.807, 2.05) is 20.8 Å². The minimum absolute atomic E-state index is 0.0455. The molecule has 5 nitrogen and oxygen atoms in total.